The van der Waals surface area contributed by atoms with Crippen LogP contribution in [0.2, 0.25) is 0 Å². The van der Waals surface area contributed by atoms with Gasteiger partial charge in [0.05, 0.1) is 17.9 Å². The molecule has 1 aliphatic rings. The van der Waals surface area contributed by atoms with Crippen LogP contribution >= 0.6 is 0 Å². The molecule has 1 fully saturated rings. The molecule has 0 bridgehead atoms. The molecule has 3 aromatic heterocycles. The molecule has 4 rings (SSSR count). The minimum Gasteiger partial charge on any atom is -0.335 e. The van der Waals surface area contributed by atoms with E-state index in [1.165, 1.54) is 0 Å². The highest BCUT2D eigenvalue weighted by molar-refractivity contribution is 5.92. The van der Waals surface area contributed by atoms with E-state index in [1.54, 1.807) is 24.8 Å². The first-order chi connectivity index (χ1) is 12.6. The van der Waals surface area contributed by atoms with Crippen molar-refractivity contribution in [1.29, 1.82) is 0 Å². The molecule has 0 spiro atoms. The monoisotopic (exact) mass is 348 g/mol. The van der Waals surface area contributed by atoms with Gasteiger partial charge >= 0.3 is 0 Å². The summed E-state index contributed by atoms with van der Waals surface area (Å²) < 4.78 is 2.23. The molecule has 1 aliphatic heterocycles. The van der Waals surface area contributed by atoms with Crippen LogP contribution in [0, 0.1) is 13.8 Å². The first-order valence-corrected chi connectivity index (χ1v) is 8.65. The third-order valence-corrected chi connectivity index (χ3v) is 4.74. The van der Waals surface area contributed by atoms with Crippen LogP contribution in [0.3, 0.4) is 0 Å². The largest absolute Gasteiger partial charge is 0.335 e. The maximum atomic E-state index is 12.7. The number of carbonyl (C=O) groups excluding carboxylic acids is 1. The second-order valence-corrected chi connectivity index (χ2v) is 6.57. The molecule has 1 saturated heterocycles. The van der Waals surface area contributed by atoms with Crippen molar-refractivity contribution in [3.63, 3.8) is 0 Å². The average molecular weight is 348 g/mol. The number of hydrogen-bond donors (Lipinski definition) is 0. The van der Waals surface area contributed by atoms with E-state index in [4.69, 9.17) is 0 Å². The van der Waals surface area contributed by atoms with Crippen LogP contribution in [0.15, 0.2) is 43.1 Å². The average Bonchev–Trinajstić information content (AvgIpc) is 3.29. The molecule has 132 valence electrons. The third kappa shape index (κ3) is 2.96. The van der Waals surface area contributed by atoms with E-state index in [9.17, 15) is 4.79 Å². The molecule has 1 atom stereocenters. The van der Waals surface area contributed by atoms with E-state index >= 15 is 0 Å². The topological polar surface area (TPSA) is 76.8 Å². The first-order valence-electron chi connectivity index (χ1n) is 8.65. The summed E-state index contributed by atoms with van der Waals surface area (Å²) in [5.74, 6) is 0.850. The minimum absolute atomic E-state index is 0.0665. The maximum Gasteiger partial charge on any atom is 0.274 e. The van der Waals surface area contributed by atoms with Gasteiger partial charge < -0.3 is 9.47 Å². The van der Waals surface area contributed by atoms with Crippen LogP contribution in [0.1, 0.15) is 34.3 Å². The summed E-state index contributed by atoms with van der Waals surface area (Å²) in [6, 6.07) is 4.11. The van der Waals surface area contributed by atoms with Crippen molar-refractivity contribution in [1.82, 2.24) is 29.4 Å². The zero-order valence-electron chi connectivity index (χ0n) is 14.8. The standard InChI is InChI=1S/C19H20N6O/c1-13-9-22-17(11-21-13)19(26)24-8-5-16(12-24)25-14(2)10-23-18(25)15-3-6-20-7-4-15/h3-4,6-7,9-11,16H,5,8,12H2,1-2H3. The number of aromatic nitrogens is 5. The summed E-state index contributed by atoms with van der Waals surface area (Å²) in [4.78, 5) is 31.6. The van der Waals surface area contributed by atoms with Gasteiger partial charge in [-0.15, -0.1) is 0 Å². The molecule has 4 heterocycles. The van der Waals surface area contributed by atoms with Crippen LogP contribution in [-0.2, 0) is 0 Å². The molecular formula is C19H20N6O. The molecule has 0 N–H and O–H groups in total. The minimum atomic E-state index is -0.0665. The number of aryl methyl sites for hydroxylation is 2. The Balaban J connectivity index is 1.57. The molecule has 0 aromatic carbocycles. The van der Waals surface area contributed by atoms with Gasteiger partial charge in [-0.25, -0.2) is 9.97 Å². The highest BCUT2D eigenvalue weighted by atomic mass is 16.2. The molecule has 1 unspecified atom stereocenters. The van der Waals surface area contributed by atoms with Gasteiger partial charge in [0.1, 0.15) is 11.5 Å². The van der Waals surface area contributed by atoms with E-state index in [1.807, 2.05) is 37.1 Å². The van der Waals surface area contributed by atoms with Crippen molar-refractivity contribution >= 4 is 5.91 Å². The Morgan fingerprint density at radius 2 is 1.88 bits per heavy atom. The molecule has 7 nitrogen and oxygen atoms in total. The fourth-order valence-corrected chi connectivity index (χ4v) is 3.42. The number of pyridine rings is 1. The van der Waals surface area contributed by atoms with Crippen LogP contribution in [0.25, 0.3) is 11.4 Å². The van der Waals surface area contributed by atoms with E-state index in [0.717, 1.165) is 29.2 Å². The van der Waals surface area contributed by atoms with Gasteiger partial charge in [0.15, 0.2) is 0 Å². The fourth-order valence-electron chi connectivity index (χ4n) is 3.42. The number of rotatable bonds is 3. The Labute approximate surface area is 151 Å². The Morgan fingerprint density at radius 3 is 2.62 bits per heavy atom. The lowest BCUT2D eigenvalue weighted by atomic mass is 10.2. The van der Waals surface area contributed by atoms with Crippen LogP contribution in [0.5, 0.6) is 0 Å². The number of amides is 1. The Morgan fingerprint density at radius 1 is 1.08 bits per heavy atom. The van der Waals surface area contributed by atoms with Gasteiger partial charge in [0.2, 0.25) is 0 Å². The summed E-state index contributed by atoms with van der Waals surface area (Å²) in [5, 5.41) is 0. The van der Waals surface area contributed by atoms with E-state index in [0.29, 0.717) is 18.8 Å². The van der Waals surface area contributed by atoms with Crippen molar-refractivity contribution < 1.29 is 4.79 Å². The van der Waals surface area contributed by atoms with Gasteiger partial charge in [0, 0.05) is 49.1 Å². The zero-order chi connectivity index (χ0) is 18.1. The van der Waals surface area contributed by atoms with E-state index in [-0.39, 0.29) is 11.9 Å². The van der Waals surface area contributed by atoms with Crippen molar-refractivity contribution in [3.8, 4) is 11.4 Å². The molecule has 0 saturated carbocycles. The predicted molar refractivity (Wildman–Crippen MR) is 96.5 cm³/mol. The van der Waals surface area contributed by atoms with Crippen LogP contribution in [-0.4, -0.2) is 48.4 Å². The Hall–Kier alpha value is -3.09. The molecule has 0 aliphatic carbocycles. The van der Waals surface area contributed by atoms with E-state index in [2.05, 4.69) is 24.5 Å². The summed E-state index contributed by atoms with van der Waals surface area (Å²) in [6.07, 6.45) is 9.48. The number of likely N-dealkylation sites (tertiary alicyclic amines) is 1. The molecule has 26 heavy (non-hydrogen) atoms. The molecule has 7 heteroatoms. The summed E-state index contributed by atoms with van der Waals surface area (Å²) in [6.45, 7) is 5.25. The lowest BCUT2D eigenvalue weighted by molar-refractivity contribution is 0.0781. The fraction of sp³-hybridized carbons (Fsp3) is 0.316. The number of hydrogen-bond acceptors (Lipinski definition) is 5. The summed E-state index contributed by atoms with van der Waals surface area (Å²) in [5.41, 5.74) is 3.32. The van der Waals surface area contributed by atoms with Gasteiger partial charge in [0.25, 0.3) is 5.91 Å². The highest BCUT2D eigenvalue weighted by Gasteiger charge is 2.30. The third-order valence-electron chi connectivity index (χ3n) is 4.74. The molecule has 3 aromatic rings. The highest BCUT2D eigenvalue weighted by Crippen LogP contribution is 2.29. The van der Waals surface area contributed by atoms with Crippen molar-refractivity contribution in [2.24, 2.45) is 0 Å². The van der Waals surface area contributed by atoms with Crippen LogP contribution in [0.4, 0.5) is 0 Å². The molecular weight excluding hydrogens is 328 g/mol. The number of nitrogens with zero attached hydrogens (tertiary/aromatic N) is 6. The smallest absolute Gasteiger partial charge is 0.274 e. The number of imidazole rings is 1. The zero-order valence-corrected chi connectivity index (χ0v) is 14.8. The van der Waals surface area contributed by atoms with Gasteiger partial charge in [-0.05, 0) is 32.4 Å². The number of carbonyl (C=O) groups is 1. The first kappa shape index (κ1) is 16.4. The van der Waals surface area contributed by atoms with Gasteiger partial charge in [-0.1, -0.05) is 0 Å². The maximum absolute atomic E-state index is 12.7. The van der Waals surface area contributed by atoms with Gasteiger partial charge in [-0.2, -0.15) is 0 Å². The van der Waals surface area contributed by atoms with Crippen LogP contribution < -0.4 is 0 Å². The molecule has 0 radical (unpaired) electrons. The normalized spacial score (nSPS) is 16.8. The van der Waals surface area contributed by atoms with E-state index < -0.39 is 0 Å². The van der Waals surface area contributed by atoms with Gasteiger partial charge in [-0.3, -0.25) is 14.8 Å². The lowest BCUT2D eigenvalue weighted by Gasteiger charge is -2.19. The molecule has 1 amide bonds. The SMILES string of the molecule is Cc1cnc(C(=O)N2CCC(n3c(C)cnc3-c3ccncc3)C2)cn1. The second-order valence-electron chi connectivity index (χ2n) is 6.57. The lowest BCUT2D eigenvalue weighted by Crippen LogP contribution is -2.30. The summed E-state index contributed by atoms with van der Waals surface area (Å²) >= 11 is 0. The Kier molecular flexibility index (Phi) is 4.20. The quantitative estimate of drug-likeness (QED) is 0.726. The van der Waals surface area contributed by atoms with Crippen molar-refractivity contribution in [3.05, 3.63) is 60.2 Å². The summed E-state index contributed by atoms with van der Waals surface area (Å²) in [7, 11) is 0. The second kappa shape index (κ2) is 6.67. The predicted octanol–water partition coefficient (Wildman–Crippen LogP) is 2.44. The Bertz CT molecular complexity index is 919. The van der Waals surface area contributed by atoms with Crippen molar-refractivity contribution in [2.45, 2.75) is 26.3 Å². The van der Waals surface area contributed by atoms with Crippen molar-refractivity contribution in [2.75, 3.05) is 13.1 Å².